The molecule has 1 aromatic carbocycles. The SMILES string of the molecule is Cc1csc(NC(=O)CNC(=O)c2ccccc2Cl)n1. The van der Waals surface area contributed by atoms with E-state index in [0.717, 1.165) is 5.69 Å². The van der Waals surface area contributed by atoms with Crippen molar-refractivity contribution >= 4 is 39.9 Å². The number of carbonyl (C=O) groups is 2. The molecular formula is C13H12ClN3O2S. The second kappa shape index (κ2) is 6.49. The molecule has 0 aliphatic heterocycles. The Bertz CT molecular complexity index is 642. The van der Waals surface area contributed by atoms with E-state index >= 15 is 0 Å². The molecular weight excluding hydrogens is 298 g/mol. The first kappa shape index (κ1) is 14.5. The number of benzene rings is 1. The van der Waals surface area contributed by atoms with E-state index in [2.05, 4.69) is 15.6 Å². The maximum Gasteiger partial charge on any atom is 0.253 e. The van der Waals surface area contributed by atoms with E-state index < -0.39 is 0 Å². The van der Waals surface area contributed by atoms with Crippen LogP contribution in [0.15, 0.2) is 29.6 Å². The highest BCUT2D eigenvalue weighted by Crippen LogP contribution is 2.15. The fourth-order valence-electron chi connectivity index (χ4n) is 1.48. The van der Waals surface area contributed by atoms with Gasteiger partial charge in [-0.3, -0.25) is 9.59 Å². The van der Waals surface area contributed by atoms with Crippen LogP contribution in [-0.4, -0.2) is 23.3 Å². The third-order valence-corrected chi connectivity index (χ3v) is 3.60. The molecule has 0 aliphatic carbocycles. The molecule has 2 rings (SSSR count). The maximum atomic E-state index is 11.8. The van der Waals surface area contributed by atoms with E-state index in [0.29, 0.717) is 15.7 Å². The van der Waals surface area contributed by atoms with Crippen molar-refractivity contribution < 1.29 is 9.59 Å². The number of thiazole rings is 1. The second-order valence-electron chi connectivity index (χ2n) is 4.00. The summed E-state index contributed by atoms with van der Waals surface area (Å²) in [6, 6.07) is 6.66. The first-order valence-corrected chi connectivity index (χ1v) is 7.07. The molecule has 5 nitrogen and oxygen atoms in total. The molecule has 0 bridgehead atoms. The van der Waals surface area contributed by atoms with Crippen LogP contribution in [0.25, 0.3) is 0 Å². The first-order chi connectivity index (χ1) is 9.56. The van der Waals surface area contributed by atoms with Gasteiger partial charge in [0.1, 0.15) is 0 Å². The highest BCUT2D eigenvalue weighted by atomic mass is 35.5. The number of anilines is 1. The van der Waals surface area contributed by atoms with Crippen LogP contribution in [-0.2, 0) is 4.79 Å². The lowest BCUT2D eigenvalue weighted by Gasteiger charge is -2.06. The van der Waals surface area contributed by atoms with Crippen LogP contribution in [0.4, 0.5) is 5.13 Å². The van der Waals surface area contributed by atoms with Gasteiger partial charge in [-0.05, 0) is 19.1 Å². The molecule has 2 amide bonds. The zero-order valence-electron chi connectivity index (χ0n) is 10.6. The van der Waals surface area contributed by atoms with Gasteiger partial charge < -0.3 is 10.6 Å². The predicted molar refractivity (Wildman–Crippen MR) is 79.3 cm³/mol. The van der Waals surface area contributed by atoms with E-state index in [9.17, 15) is 9.59 Å². The summed E-state index contributed by atoms with van der Waals surface area (Å²) in [5, 5.41) is 7.81. The van der Waals surface area contributed by atoms with E-state index in [-0.39, 0.29) is 18.4 Å². The number of nitrogens with one attached hydrogen (secondary N) is 2. The number of amides is 2. The van der Waals surface area contributed by atoms with Crippen molar-refractivity contribution in [1.82, 2.24) is 10.3 Å². The summed E-state index contributed by atoms with van der Waals surface area (Å²) in [6.45, 7) is 1.70. The summed E-state index contributed by atoms with van der Waals surface area (Å²) >= 11 is 7.23. The second-order valence-corrected chi connectivity index (χ2v) is 5.27. The summed E-state index contributed by atoms with van der Waals surface area (Å²) < 4.78 is 0. The maximum absolute atomic E-state index is 11.8. The number of aryl methyl sites for hydroxylation is 1. The standard InChI is InChI=1S/C13H12ClN3O2S/c1-8-7-20-13(16-8)17-11(18)6-15-12(19)9-4-2-3-5-10(9)14/h2-5,7H,6H2,1H3,(H,15,19)(H,16,17,18). The number of halogens is 1. The largest absolute Gasteiger partial charge is 0.343 e. The molecule has 2 aromatic rings. The molecule has 7 heteroatoms. The Hall–Kier alpha value is -1.92. The highest BCUT2D eigenvalue weighted by molar-refractivity contribution is 7.13. The summed E-state index contributed by atoms with van der Waals surface area (Å²) in [6.07, 6.45) is 0. The lowest BCUT2D eigenvalue weighted by atomic mass is 10.2. The molecule has 0 unspecified atom stereocenters. The minimum Gasteiger partial charge on any atom is -0.343 e. The van der Waals surface area contributed by atoms with Crippen molar-refractivity contribution in [3.63, 3.8) is 0 Å². The Balaban J connectivity index is 1.87. The fraction of sp³-hybridized carbons (Fsp3) is 0.154. The Morgan fingerprint density at radius 2 is 2.10 bits per heavy atom. The Labute approximate surface area is 125 Å². The molecule has 1 heterocycles. The van der Waals surface area contributed by atoms with Gasteiger partial charge in [-0.15, -0.1) is 11.3 Å². The Morgan fingerprint density at radius 1 is 1.35 bits per heavy atom. The lowest BCUT2D eigenvalue weighted by molar-refractivity contribution is -0.115. The topological polar surface area (TPSA) is 71.1 Å². The molecule has 20 heavy (non-hydrogen) atoms. The van der Waals surface area contributed by atoms with Crippen molar-refractivity contribution in [1.29, 1.82) is 0 Å². The Morgan fingerprint density at radius 3 is 2.75 bits per heavy atom. The van der Waals surface area contributed by atoms with Gasteiger partial charge in [0.05, 0.1) is 22.8 Å². The number of carbonyl (C=O) groups excluding carboxylic acids is 2. The summed E-state index contributed by atoms with van der Waals surface area (Å²) in [5.41, 5.74) is 1.18. The molecule has 0 aliphatic rings. The van der Waals surface area contributed by atoms with E-state index in [1.807, 2.05) is 12.3 Å². The van der Waals surface area contributed by atoms with Gasteiger partial charge in [0, 0.05) is 5.38 Å². The number of hydrogen-bond donors (Lipinski definition) is 2. The van der Waals surface area contributed by atoms with Gasteiger partial charge in [-0.1, -0.05) is 23.7 Å². The third kappa shape index (κ3) is 3.79. The highest BCUT2D eigenvalue weighted by Gasteiger charge is 2.11. The molecule has 0 saturated heterocycles. The zero-order valence-corrected chi connectivity index (χ0v) is 12.2. The normalized spacial score (nSPS) is 10.1. The Kier molecular flexibility index (Phi) is 4.70. The third-order valence-electron chi connectivity index (χ3n) is 2.39. The average molecular weight is 310 g/mol. The van der Waals surface area contributed by atoms with Crippen LogP contribution in [0, 0.1) is 6.92 Å². The van der Waals surface area contributed by atoms with Crippen molar-refractivity contribution in [2.45, 2.75) is 6.92 Å². The first-order valence-electron chi connectivity index (χ1n) is 5.81. The quantitative estimate of drug-likeness (QED) is 0.911. The van der Waals surface area contributed by atoms with Gasteiger partial charge in [0.15, 0.2) is 5.13 Å². The van der Waals surface area contributed by atoms with Crippen molar-refractivity contribution in [2.75, 3.05) is 11.9 Å². The molecule has 0 atom stereocenters. The van der Waals surface area contributed by atoms with Crippen LogP contribution in [0.5, 0.6) is 0 Å². The predicted octanol–water partition coefficient (Wildman–Crippen LogP) is 2.47. The smallest absolute Gasteiger partial charge is 0.253 e. The monoisotopic (exact) mass is 309 g/mol. The summed E-state index contributed by atoms with van der Waals surface area (Å²) in [7, 11) is 0. The fourth-order valence-corrected chi connectivity index (χ4v) is 2.40. The van der Waals surface area contributed by atoms with Crippen molar-refractivity contribution in [3.05, 3.63) is 45.9 Å². The minimum absolute atomic E-state index is 0.136. The van der Waals surface area contributed by atoms with Gasteiger partial charge in [0.25, 0.3) is 5.91 Å². The summed E-state index contributed by atoms with van der Waals surface area (Å²) in [5.74, 6) is -0.721. The molecule has 0 fully saturated rings. The van der Waals surface area contributed by atoms with Crippen LogP contribution < -0.4 is 10.6 Å². The van der Waals surface area contributed by atoms with Crippen LogP contribution in [0.2, 0.25) is 5.02 Å². The van der Waals surface area contributed by atoms with Crippen LogP contribution >= 0.6 is 22.9 Å². The van der Waals surface area contributed by atoms with Gasteiger partial charge in [-0.25, -0.2) is 4.98 Å². The number of rotatable bonds is 4. The van der Waals surface area contributed by atoms with Crippen LogP contribution in [0.1, 0.15) is 16.1 Å². The lowest BCUT2D eigenvalue weighted by Crippen LogP contribution is -2.32. The number of aromatic nitrogens is 1. The number of nitrogens with zero attached hydrogens (tertiary/aromatic N) is 1. The van der Waals surface area contributed by atoms with Gasteiger partial charge >= 0.3 is 0 Å². The number of hydrogen-bond acceptors (Lipinski definition) is 4. The van der Waals surface area contributed by atoms with Crippen LogP contribution in [0.3, 0.4) is 0 Å². The van der Waals surface area contributed by atoms with E-state index in [1.54, 1.807) is 24.3 Å². The average Bonchev–Trinajstić information content (AvgIpc) is 2.82. The molecule has 0 radical (unpaired) electrons. The molecule has 104 valence electrons. The zero-order chi connectivity index (χ0) is 14.5. The molecule has 2 N–H and O–H groups in total. The van der Waals surface area contributed by atoms with Gasteiger partial charge in [-0.2, -0.15) is 0 Å². The van der Waals surface area contributed by atoms with E-state index in [1.165, 1.54) is 11.3 Å². The molecule has 0 spiro atoms. The molecule has 0 saturated carbocycles. The van der Waals surface area contributed by atoms with E-state index in [4.69, 9.17) is 11.6 Å². The summed E-state index contributed by atoms with van der Waals surface area (Å²) in [4.78, 5) is 27.6. The molecule has 1 aromatic heterocycles. The minimum atomic E-state index is -0.388. The van der Waals surface area contributed by atoms with Crippen molar-refractivity contribution in [3.8, 4) is 0 Å². The van der Waals surface area contributed by atoms with Crippen molar-refractivity contribution in [2.24, 2.45) is 0 Å². The van der Waals surface area contributed by atoms with Gasteiger partial charge in [0.2, 0.25) is 5.91 Å².